The quantitative estimate of drug-likeness (QED) is 0.0113. The highest BCUT2D eigenvalue weighted by atomic mass is 32.2. The first-order chi connectivity index (χ1) is 52.9. The number of rotatable bonds is 48. The van der Waals surface area contributed by atoms with Crippen molar-refractivity contribution in [2.24, 2.45) is 49.2 Å². The smallest absolute Gasteiger partial charge is 0.518 e. The third-order valence-corrected chi connectivity index (χ3v) is 62.8. The van der Waals surface area contributed by atoms with E-state index in [9.17, 15) is 45.9 Å². The predicted octanol–water partition coefficient (Wildman–Crippen LogP) is 20.2. The molecule has 0 aromatic rings. The lowest BCUT2D eigenvalue weighted by Crippen LogP contribution is -2.62. The number of alkyl halides is 3. The van der Waals surface area contributed by atoms with E-state index in [1.165, 1.54) is 32.1 Å². The number of carbonyl (C=O) groups excluding carboxylic acids is 3. The Bertz CT molecular complexity index is 3220. The van der Waals surface area contributed by atoms with Gasteiger partial charge in [0.25, 0.3) is 0 Å². The van der Waals surface area contributed by atoms with Gasteiger partial charge in [0.2, 0.25) is 0 Å². The van der Waals surface area contributed by atoms with Gasteiger partial charge in [-0.3, -0.25) is 19.2 Å². The Kier molecular flexibility index (Phi) is 47.9. The Morgan fingerprint density at radius 3 is 1.12 bits per heavy atom. The first-order valence-electron chi connectivity index (χ1n) is 43.2. The molecule has 4 rings (SSSR count). The van der Waals surface area contributed by atoms with Crippen molar-refractivity contribution in [1.82, 2.24) is 0 Å². The van der Waals surface area contributed by atoms with E-state index in [1.54, 1.807) is 27.7 Å². The van der Waals surface area contributed by atoms with Crippen molar-refractivity contribution in [2.75, 3.05) is 67.8 Å². The maximum absolute atomic E-state index is 12.7. The summed E-state index contributed by atoms with van der Waals surface area (Å²) in [6, 6.07) is 0.872. The number of esters is 3. The number of ether oxygens (including phenoxy) is 5. The number of carbonyl (C=O) groups is 4. The third-order valence-electron chi connectivity index (χ3n) is 20.2. The molecule has 1 N–H and O–H groups in total. The fraction of sp³-hybridized carbons (Fsp3) is 0.937. The Balaban J connectivity index is 0. The van der Waals surface area contributed by atoms with E-state index in [1.807, 2.05) is 55.4 Å². The number of unbranched alkanes of at least 4 members (excludes halogenated alkanes) is 2. The summed E-state index contributed by atoms with van der Waals surface area (Å²) in [5.74, 6) is -2.00. The molecular formula is C79H173F3N2O23SSi11. The van der Waals surface area contributed by atoms with Crippen LogP contribution in [0, 0.1) is 44.8 Å². The van der Waals surface area contributed by atoms with E-state index >= 15 is 0 Å². The second-order valence-corrected chi connectivity index (χ2v) is 85.6. The van der Waals surface area contributed by atoms with Gasteiger partial charge in [-0.25, -0.2) is 0 Å². The number of quaternary nitrogens is 1. The average Bonchev–Trinajstić information content (AvgIpc) is 0.712. The van der Waals surface area contributed by atoms with Crippen molar-refractivity contribution >= 4 is 133 Å². The van der Waals surface area contributed by atoms with Crippen LogP contribution < -0.4 is 5.11 Å². The molecule has 0 radical (unpaired) electrons. The van der Waals surface area contributed by atoms with Gasteiger partial charge in [-0.15, -0.1) is 0 Å². The minimum absolute atomic E-state index is 0.00605. The molecule has 3 unspecified atom stereocenters. The van der Waals surface area contributed by atoms with Crippen molar-refractivity contribution in [3.63, 3.8) is 0 Å². The molecule has 4 aliphatic carbocycles. The van der Waals surface area contributed by atoms with Crippen LogP contribution in [0.3, 0.4) is 0 Å². The number of nitrogens with zero attached hydrogens (tertiary/aromatic N) is 2. The SMILES string of the molecule is CCC(C)(C)C(=O)O.CCC(C)(C)C(=O)OC12CC3CC(C1)CC(C([O-])=NS(=O)(=O)C(F)(F)F)(C3)C2.CCC(C)(C)C(=O)OCCC[Si](C)(C)O[Si](C)(C)O[Si](C)(C)O[Si](C)(C)O[Si](C)(C)O[Si](C)(C)O[Si](C)(C)O[Si](C)(C)O[Si](C)(C)O[Si](C)(C)O[Si](C)(C)C.CCCCCC(CC)COCCOCCOC(=O)C(C)(C)CC.C[N+](C)(C)C. The Hall–Kier alpha value is -1.04. The van der Waals surface area contributed by atoms with Crippen LogP contribution in [0.5, 0.6) is 0 Å². The monoisotopic (exact) mass is 1910 g/mol. The summed E-state index contributed by atoms with van der Waals surface area (Å²) in [7, 11) is -25.0. The van der Waals surface area contributed by atoms with Crippen LogP contribution in [0.1, 0.15) is 200 Å². The first-order valence-corrected chi connectivity index (χ1v) is 76.5. The highest BCUT2D eigenvalue weighted by molar-refractivity contribution is 7.91. The topological polar surface area (TPSA) is 297 Å². The molecule has 4 saturated carbocycles. The van der Waals surface area contributed by atoms with Gasteiger partial charge < -0.3 is 79.5 Å². The van der Waals surface area contributed by atoms with Gasteiger partial charge in [0.1, 0.15) is 12.2 Å². The highest BCUT2D eigenvalue weighted by Gasteiger charge is 2.61. The summed E-state index contributed by atoms with van der Waals surface area (Å²) >= 11 is 0. The van der Waals surface area contributed by atoms with E-state index in [-0.39, 0.29) is 43.0 Å². The minimum atomic E-state index is -5.89. The summed E-state index contributed by atoms with van der Waals surface area (Å²) in [6.07, 6.45) is 12.4. The second kappa shape index (κ2) is 47.5. The van der Waals surface area contributed by atoms with Crippen LogP contribution >= 0.6 is 0 Å². The lowest BCUT2D eigenvalue weighted by atomic mass is 9.47. The number of aliphatic carboxylic acids is 1. The van der Waals surface area contributed by atoms with Crippen LogP contribution in [0.25, 0.3) is 0 Å². The lowest BCUT2D eigenvalue weighted by Gasteiger charge is -2.62. The zero-order valence-electron chi connectivity index (χ0n) is 82.4. The standard InChI is InChI=1S/C32H86O12Si11.C19H38O4.C18H26F3NO5S.C6H12O2.C4H12N/c1-27-32(2,3)31(33)34-29-28-30-46(7,8)36-48(11,12)38-50(15,16)40-52(19,20)42-54(23,24)44-55(25,26)43-53(21,22)41-51(17,18)39-49(13,14)37-47(9,10)35-45(4,5)6;1-6-9-10-11-17(7-2)16-22-13-12-21-14-15-23-18(20)19(4,5)8-3;1-4-15(2,3)14(24)27-17-8-11-5-12(9-17)7-16(6-11,10-17)13(23)22-28(25,26)18(19,20)21;1-4-6(2,3)5(7)8;1-5(2,3)4/h27-30H2,1-26H3;17H,6-16H2,1-5H3;11-12H,4-10H2,1-3H3,(H,22,23);4H2,1-3H3,(H,7,8);1-4H3/q;;;;+1/p-1. The molecule has 4 bridgehead atoms. The van der Waals surface area contributed by atoms with E-state index < -0.39 is 160 Å². The fourth-order valence-electron chi connectivity index (χ4n) is 14.9. The van der Waals surface area contributed by atoms with Crippen LogP contribution in [-0.2, 0) is 94.0 Å². The molecule has 3 atom stereocenters. The number of halogens is 3. The molecule has 0 heterocycles. The van der Waals surface area contributed by atoms with Crippen molar-refractivity contribution in [1.29, 1.82) is 0 Å². The highest BCUT2D eigenvalue weighted by Crippen LogP contribution is 2.63. The molecule has 0 saturated heterocycles. The fourth-order valence-corrected chi connectivity index (χ4v) is 70.8. The van der Waals surface area contributed by atoms with Gasteiger partial charge in [-0.2, -0.15) is 26.0 Å². The molecule has 40 heteroatoms. The first kappa shape index (κ1) is 120. The minimum Gasteiger partial charge on any atom is -0.861 e. The maximum atomic E-state index is 12.7. The van der Waals surface area contributed by atoms with Crippen molar-refractivity contribution in [2.45, 2.75) is 367 Å². The van der Waals surface area contributed by atoms with Crippen LogP contribution in [0.4, 0.5) is 13.2 Å². The molecule has 25 nitrogen and oxygen atoms in total. The zero-order chi connectivity index (χ0) is 94.2. The summed E-state index contributed by atoms with van der Waals surface area (Å²) in [5, 5.41) is 21.1. The van der Waals surface area contributed by atoms with Crippen LogP contribution in [-0.4, -0.2) is 220 Å². The molecular weight excluding hydrogens is 1740 g/mol. The molecule has 4 fully saturated rings. The molecule has 0 amide bonds. The zero-order valence-corrected chi connectivity index (χ0v) is 94.2. The number of carboxylic acid groups (broad SMARTS) is 1. The number of sulfonamides is 1. The maximum Gasteiger partial charge on any atom is 0.518 e. The van der Waals surface area contributed by atoms with Crippen LogP contribution in [0.2, 0.25) is 157 Å². The molecule has 0 aromatic heterocycles. The van der Waals surface area contributed by atoms with Gasteiger partial charge in [0, 0.05) is 12.0 Å². The predicted molar refractivity (Wildman–Crippen MR) is 496 cm³/mol. The van der Waals surface area contributed by atoms with E-state index in [4.69, 9.17) is 69.9 Å². The number of carboxylic acids is 1. The van der Waals surface area contributed by atoms with Crippen molar-refractivity contribution < 1.29 is 120 Å². The molecule has 0 aromatic carbocycles. The van der Waals surface area contributed by atoms with Gasteiger partial charge in [-0.1, -0.05) is 67.2 Å². The third kappa shape index (κ3) is 49.9. The van der Waals surface area contributed by atoms with Crippen molar-refractivity contribution in [3.8, 4) is 0 Å². The largest absolute Gasteiger partial charge is 0.861 e. The molecule has 4 aliphatic rings. The summed E-state index contributed by atoms with van der Waals surface area (Å²) in [5.41, 5.74) is -9.97. The Morgan fingerprint density at radius 2 is 0.798 bits per heavy atom. The Labute approximate surface area is 733 Å². The molecule has 708 valence electrons. The molecule has 0 aliphatic heterocycles. The second-order valence-electron chi connectivity index (χ2n) is 42.4. The van der Waals surface area contributed by atoms with Crippen molar-refractivity contribution in [3.05, 3.63) is 0 Å². The lowest BCUT2D eigenvalue weighted by molar-refractivity contribution is -0.849. The van der Waals surface area contributed by atoms with Gasteiger partial charge in [0.05, 0.1) is 76.3 Å². The van der Waals surface area contributed by atoms with E-state index in [0.717, 1.165) is 42.8 Å². The van der Waals surface area contributed by atoms with Crippen LogP contribution in [0.15, 0.2) is 4.40 Å². The number of hydrogen-bond acceptors (Lipinski definition) is 22. The summed E-state index contributed by atoms with van der Waals surface area (Å²) in [4.78, 5) is 47.0. The van der Waals surface area contributed by atoms with Gasteiger partial charge in [-0.05, 0) is 313 Å². The van der Waals surface area contributed by atoms with Gasteiger partial charge >= 0.3 is 116 Å². The van der Waals surface area contributed by atoms with E-state index in [0.29, 0.717) is 64.6 Å². The summed E-state index contributed by atoms with van der Waals surface area (Å²) in [6.45, 7) is 78.2. The molecule has 0 spiro atoms. The number of hydrogen-bond donors (Lipinski definition) is 1. The average molecular weight is 1920 g/mol. The summed E-state index contributed by atoms with van der Waals surface area (Å²) < 4.78 is 160. The normalized spacial score (nSPS) is 19.4. The van der Waals surface area contributed by atoms with E-state index in [2.05, 4.69) is 197 Å². The van der Waals surface area contributed by atoms with Gasteiger partial charge in [0.15, 0.2) is 16.6 Å². The molecule has 119 heavy (non-hydrogen) atoms. The Morgan fingerprint density at radius 1 is 0.471 bits per heavy atom.